The van der Waals surface area contributed by atoms with Gasteiger partial charge in [0.25, 0.3) is 10.1 Å². The van der Waals surface area contributed by atoms with E-state index in [1.807, 2.05) is 13.1 Å². The zero-order chi connectivity index (χ0) is 29.1. The monoisotopic (exact) mass is 588 g/mol. The van der Waals surface area contributed by atoms with E-state index < -0.39 is 56.5 Å². The van der Waals surface area contributed by atoms with Gasteiger partial charge in [0.15, 0.2) is 28.5 Å². The highest BCUT2D eigenvalue weighted by molar-refractivity contribution is 7.90. The highest BCUT2D eigenvalue weighted by Crippen LogP contribution is 2.52. The molecule has 1 fully saturated rings. The Balaban J connectivity index is 2.20. The van der Waals surface area contributed by atoms with Crippen molar-refractivity contribution >= 4 is 32.6 Å². The van der Waals surface area contributed by atoms with Crippen molar-refractivity contribution in [2.45, 2.75) is 102 Å². The van der Waals surface area contributed by atoms with Crippen molar-refractivity contribution in [3.05, 3.63) is 33.9 Å². The number of hydrogen-bond donors (Lipinski definition) is 2. The zero-order valence-corrected chi connectivity index (χ0v) is 27.2. The molecule has 0 saturated carbocycles. The summed E-state index contributed by atoms with van der Waals surface area (Å²) < 4.78 is 52.5. The average molecular weight is 589 g/mol. The third kappa shape index (κ3) is 5.53. The standard InChI is InChI=1S/C24H44N4O7SSi2/c1-22(2,3)37(8,9)32-14-17-24(16(25)15-36(30,31)35-24)19(34-38(10,11)23(4,5)6)20(33-17)28-13-12-18(26-7)27-21(28)29/h12-13,15,17,19-20H,14,25H2,1-11H3,(H,26,27,29)/t17?,19-,20+,24?/m0/s1. The van der Waals surface area contributed by atoms with Gasteiger partial charge in [0.05, 0.1) is 17.7 Å². The summed E-state index contributed by atoms with van der Waals surface area (Å²) in [6.07, 6.45) is -1.56. The topological polar surface area (TPSA) is 144 Å². The molecule has 2 aliphatic heterocycles. The van der Waals surface area contributed by atoms with Gasteiger partial charge in [-0.2, -0.15) is 13.4 Å². The molecular weight excluding hydrogens is 545 g/mol. The lowest BCUT2D eigenvalue weighted by atomic mass is 9.89. The van der Waals surface area contributed by atoms with Crippen LogP contribution in [0.1, 0.15) is 47.8 Å². The number of anilines is 1. The van der Waals surface area contributed by atoms with Crippen LogP contribution in [0.5, 0.6) is 0 Å². The van der Waals surface area contributed by atoms with Crippen LogP contribution in [-0.2, 0) is 27.9 Å². The van der Waals surface area contributed by atoms with Crippen LogP contribution in [0, 0.1) is 0 Å². The van der Waals surface area contributed by atoms with Crippen LogP contribution in [0.15, 0.2) is 28.2 Å². The van der Waals surface area contributed by atoms with Gasteiger partial charge in [-0.05, 0) is 42.3 Å². The van der Waals surface area contributed by atoms with Crippen LogP contribution in [0.25, 0.3) is 0 Å². The Hall–Kier alpha value is -1.56. The molecule has 0 aliphatic carbocycles. The highest BCUT2D eigenvalue weighted by Gasteiger charge is 2.67. The fourth-order valence-electron chi connectivity index (χ4n) is 3.96. The Morgan fingerprint density at radius 1 is 1.13 bits per heavy atom. The maximum Gasteiger partial charge on any atom is 0.351 e. The van der Waals surface area contributed by atoms with Crippen LogP contribution in [0.3, 0.4) is 0 Å². The molecule has 2 aliphatic rings. The molecule has 1 aromatic rings. The summed E-state index contributed by atoms with van der Waals surface area (Å²) in [5.74, 6) is 0.387. The minimum Gasteiger partial charge on any atom is -0.414 e. The smallest absolute Gasteiger partial charge is 0.351 e. The van der Waals surface area contributed by atoms with Crippen LogP contribution in [0.4, 0.5) is 5.82 Å². The molecule has 1 spiro atoms. The molecule has 3 heterocycles. The van der Waals surface area contributed by atoms with E-state index in [9.17, 15) is 13.2 Å². The first kappa shape index (κ1) is 31.0. The molecule has 3 N–H and O–H groups in total. The first-order valence-corrected chi connectivity index (χ1v) is 20.0. The van der Waals surface area contributed by atoms with Crippen LogP contribution in [-0.4, -0.2) is 66.1 Å². The molecule has 1 saturated heterocycles. The summed E-state index contributed by atoms with van der Waals surface area (Å²) in [5.41, 5.74) is 4.11. The molecule has 2 unspecified atom stereocenters. The van der Waals surface area contributed by atoms with Gasteiger partial charge < -0.3 is 24.6 Å². The fourth-order valence-corrected chi connectivity index (χ4v) is 7.47. The summed E-state index contributed by atoms with van der Waals surface area (Å²) in [6.45, 7) is 20.8. The van der Waals surface area contributed by atoms with E-state index in [1.165, 1.54) is 4.57 Å². The lowest BCUT2D eigenvalue weighted by Crippen LogP contribution is -2.59. The van der Waals surface area contributed by atoms with Crippen molar-refractivity contribution in [3.8, 4) is 0 Å². The number of rotatable bonds is 7. The first-order valence-electron chi connectivity index (χ1n) is 12.8. The minimum atomic E-state index is -4.14. The van der Waals surface area contributed by atoms with E-state index in [4.69, 9.17) is 23.5 Å². The van der Waals surface area contributed by atoms with Gasteiger partial charge in [-0.25, -0.2) is 8.98 Å². The molecule has 0 bridgehead atoms. The maximum atomic E-state index is 13.1. The van der Waals surface area contributed by atoms with E-state index in [0.29, 0.717) is 5.82 Å². The predicted octanol–water partition coefficient (Wildman–Crippen LogP) is 3.49. The van der Waals surface area contributed by atoms with E-state index in [2.05, 4.69) is 64.9 Å². The number of nitrogens with two attached hydrogens (primary N) is 1. The van der Waals surface area contributed by atoms with E-state index in [-0.39, 0.29) is 22.4 Å². The second-order valence-electron chi connectivity index (χ2n) is 13.1. The highest BCUT2D eigenvalue weighted by atomic mass is 32.2. The number of nitrogens with one attached hydrogen (secondary N) is 1. The summed E-state index contributed by atoms with van der Waals surface area (Å²) in [7, 11) is -7.36. The van der Waals surface area contributed by atoms with E-state index in [1.54, 1.807) is 19.3 Å². The van der Waals surface area contributed by atoms with Crippen molar-refractivity contribution in [1.29, 1.82) is 0 Å². The number of nitrogens with zero attached hydrogens (tertiary/aromatic N) is 2. The molecule has 3 rings (SSSR count). The van der Waals surface area contributed by atoms with Gasteiger partial charge in [0, 0.05) is 13.2 Å². The van der Waals surface area contributed by atoms with Gasteiger partial charge >= 0.3 is 5.69 Å². The Morgan fingerprint density at radius 3 is 2.16 bits per heavy atom. The van der Waals surface area contributed by atoms with Crippen molar-refractivity contribution < 1.29 is 26.2 Å². The SMILES string of the molecule is CNc1ccn([C@@H]2OC(CO[Si](C)(C)C(C)(C)C)C3(OS(=O)(=O)C=C3N)[C@H]2O[Si](C)(C)C(C)(C)C)c(=O)n1. The third-order valence-electron chi connectivity index (χ3n) is 8.43. The molecule has 14 heteroatoms. The number of ether oxygens (including phenoxy) is 1. The van der Waals surface area contributed by atoms with Crippen molar-refractivity contribution in [3.63, 3.8) is 0 Å². The Bertz CT molecular complexity index is 1250. The second kappa shape index (κ2) is 9.82. The van der Waals surface area contributed by atoms with Crippen molar-refractivity contribution in [1.82, 2.24) is 9.55 Å². The number of hydrogen-bond acceptors (Lipinski definition) is 10. The third-order valence-corrected chi connectivity index (χ3v) is 18.4. The average Bonchev–Trinajstić information content (AvgIpc) is 3.17. The maximum absolute atomic E-state index is 13.1. The predicted molar refractivity (Wildman–Crippen MR) is 152 cm³/mol. The molecule has 38 heavy (non-hydrogen) atoms. The molecule has 4 atom stereocenters. The summed E-state index contributed by atoms with van der Waals surface area (Å²) >= 11 is 0. The van der Waals surface area contributed by atoms with Gasteiger partial charge in [0.1, 0.15) is 18.0 Å². The fraction of sp³-hybridized carbons (Fsp3) is 0.750. The van der Waals surface area contributed by atoms with Crippen molar-refractivity contribution in [2.75, 3.05) is 19.0 Å². The molecule has 11 nitrogen and oxygen atoms in total. The Labute approximate surface area is 228 Å². The zero-order valence-electron chi connectivity index (χ0n) is 24.4. The number of aromatic nitrogens is 2. The first-order chi connectivity index (χ1) is 17.1. The Morgan fingerprint density at radius 2 is 1.71 bits per heavy atom. The van der Waals surface area contributed by atoms with E-state index in [0.717, 1.165) is 5.41 Å². The van der Waals surface area contributed by atoms with Gasteiger partial charge in [0.2, 0.25) is 0 Å². The van der Waals surface area contributed by atoms with E-state index >= 15 is 0 Å². The molecule has 0 amide bonds. The van der Waals surface area contributed by atoms with Crippen molar-refractivity contribution in [2.24, 2.45) is 5.73 Å². The minimum absolute atomic E-state index is 0.00515. The molecule has 1 aromatic heterocycles. The molecule has 216 valence electrons. The van der Waals surface area contributed by atoms with Crippen LogP contribution >= 0.6 is 0 Å². The lowest BCUT2D eigenvalue weighted by molar-refractivity contribution is -0.0562. The summed E-state index contributed by atoms with van der Waals surface area (Å²) in [6, 6.07) is 1.63. The van der Waals surface area contributed by atoms with Gasteiger partial charge in [-0.1, -0.05) is 41.5 Å². The summed E-state index contributed by atoms with van der Waals surface area (Å²) in [5, 5.41) is 3.40. The normalized spacial score (nSPS) is 28.1. The van der Waals surface area contributed by atoms with Crippen LogP contribution in [0.2, 0.25) is 36.3 Å². The van der Waals surface area contributed by atoms with Crippen LogP contribution < -0.4 is 16.7 Å². The molecule has 0 radical (unpaired) electrons. The second-order valence-corrected chi connectivity index (χ2v) is 24.0. The van der Waals surface area contributed by atoms with Gasteiger partial charge in [-0.3, -0.25) is 4.57 Å². The Kier molecular flexibility index (Phi) is 8.00. The van der Waals surface area contributed by atoms with Gasteiger partial charge in [-0.15, -0.1) is 0 Å². The molecule has 0 aromatic carbocycles. The quantitative estimate of drug-likeness (QED) is 0.359. The largest absolute Gasteiger partial charge is 0.414 e. The lowest BCUT2D eigenvalue weighted by Gasteiger charge is -2.43. The molecular formula is C24H44N4O7SSi2. The summed E-state index contributed by atoms with van der Waals surface area (Å²) in [4.78, 5) is 17.2.